The van der Waals surface area contributed by atoms with Crippen molar-refractivity contribution in [3.05, 3.63) is 36.2 Å². The van der Waals surface area contributed by atoms with Gasteiger partial charge in [-0.2, -0.15) is 5.10 Å². The second-order valence-corrected chi connectivity index (χ2v) is 4.36. The molecule has 2 rings (SSSR count). The van der Waals surface area contributed by atoms with Crippen LogP contribution < -0.4 is 5.73 Å². The van der Waals surface area contributed by atoms with E-state index in [1.54, 1.807) is 0 Å². The highest BCUT2D eigenvalue weighted by Crippen LogP contribution is 2.06. The van der Waals surface area contributed by atoms with Crippen molar-refractivity contribution in [1.82, 2.24) is 19.3 Å². The fourth-order valence-electron chi connectivity index (χ4n) is 1.82. The van der Waals surface area contributed by atoms with E-state index >= 15 is 0 Å². The summed E-state index contributed by atoms with van der Waals surface area (Å²) >= 11 is 0. The molecule has 0 saturated heterocycles. The van der Waals surface area contributed by atoms with E-state index in [0.29, 0.717) is 0 Å². The molecule has 0 aromatic carbocycles. The highest BCUT2D eigenvalue weighted by molar-refractivity contribution is 5.07. The normalized spacial score (nSPS) is 12.9. The third kappa shape index (κ3) is 2.94. The maximum absolute atomic E-state index is 5.80. The van der Waals surface area contributed by atoms with E-state index in [4.69, 9.17) is 5.73 Å². The van der Waals surface area contributed by atoms with Crippen molar-refractivity contribution in [1.29, 1.82) is 0 Å². The van der Waals surface area contributed by atoms with Gasteiger partial charge in [-0.15, -0.1) is 0 Å². The molecule has 0 aliphatic heterocycles. The van der Waals surface area contributed by atoms with Gasteiger partial charge in [0.2, 0.25) is 0 Å². The van der Waals surface area contributed by atoms with E-state index in [1.807, 2.05) is 30.2 Å². The minimum absolute atomic E-state index is 0.134. The van der Waals surface area contributed by atoms with Crippen LogP contribution in [0.15, 0.2) is 24.8 Å². The molecule has 0 spiro atoms. The minimum Gasteiger partial charge on any atom is -0.330 e. The van der Waals surface area contributed by atoms with E-state index in [2.05, 4.69) is 27.8 Å². The molecule has 0 aliphatic carbocycles. The van der Waals surface area contributed by atoms with Crippen molar-refractivity contribution < 1.29 is 0 Å². The molecule has 2 aromatic heterocycles. The third-order valence-corrected chi connectivity index (χ3v) is 2.67. The van der Waals surface area contributed by atoms with Crippen LogP contribution in [-0.2, 0) is 19.5 Å². The lowest BCUT2D eigenvalue weighted by atomic mass is 10.2. The van der Waals surface area contributed by atoms with Crippen molar-refractivity contribution in [2.45, 2.75) is 39.4 Å². The van der Waals surface area contributed by atoms with E-state index < -0.39 is 0 Å². The minimum atomic E-state index is 0.134. The van der Waals surface area contributed by atoms with Gasteiger partial charge < -0.3 is 10.3 Å². The van der Waals surface area contributed by atoms with Crippen molar-refractivity contribution in [3.63, 3.8) is 0 Å². The van der Waals surface area contributed by atoms with Gasteiger partial charge in [-0.1, -0.05) is 0 Å². The smallest absolute Gasteiger partial charge is 0.110 e. The van der Waals surface area contributed by atoms with Crippen LogP contribution in [0, 0.1) is 0 Å². The standard InChI is InChI=1S/C12H19N5/c1-3-17-9-11(7-15-17)8-16-5-4-14-12(16)6-10(2)13/h4-5,7,9-10H,3,6,8,13H2,1-2H3. The third-order valence-electron chi connectivity index (χ3n) is 2.67. The Balaban J connectivity index is 2.10. The number of aromatic nitrogens is 4. The molecular formula is C12H19N5. The highest BCUT2D eigenvalue weighted by Gasteiger charge is 2.07. The van der Waals surface area contributed by atoms with Crippen LogP contribution in [0.25, 0.3) is 0 Å². The lowest BCUT2D eigenvalue weighted by molar-refractivity contribution is 0.644. The Morgan fingerprint density at radius 3 is 2.94 bits per heavy atom. The van der Waals surface area contributed by atoms with Crippen molar-refractivity contribution in [2.24, 2.45) is 5.73 Å². The molecule has 1 unspecified atom stereocenters. The van der Waals surface area contributed by atoms with Gasteiger partial charge in [-0.05, 0) is 13.8 Å². The second-order valence-electron chi connectivity index (χ2n) is 4.36. The number of aryl methyl sites for hydroxylation is 1. The average molecular weight is 233 g/mol. The average Bonchev–Trinajstić information content (AvgIpc) is 2.89. The summed E-state index contributed by atoms with van der Waals surface area (Å²) in [6.07, 6.45) is 8.58. The SMILES string of the molecule is CCn1cc(Cn2ccnc2CC(C)N)cn1. The molecule has 5 heteroatoms. The van der Waals surface area contributed by atoms with Gasteiger partial charge in [0.1, 0.15) is 5.82 Å². The highest BCUT2D eigenvalue weighted by atomic mass is 15.3. The Morgan fingerprint density at radius 1 is 1.47 bits per heavy atom. The molecule has 0 fully saturated rings. The van der Waals surface area contributed by atoms with Gasteiger partial charge in [0.25, 0.3) is 0 Å². The number of hydrogen-bond donors (Lipinski definition) is 1. The summed E-state index contributed by atoms with van der Waals surface area (Å²) in [5, 5.41) is 4.26. The number of nitrogens with two attached hydrogens (primary N) is 1. The van der Waals surface area contributed by atoms with Crippen LogP contribution >= 0.6 is 0 Å². The Kier molecular flexibility index (Phi) is 3.58. The Labute approximate surface area is 101 Å². The number of rotatable bonds is 5. The van der Waals surface area contributed by atoms with Crippen LogP contribution in [-0.4, -0.2) is 25.4 Å². The van der Waals surface area contributed by atoms with Crippen molar-refractivity contribution in [3.8, 4) is 0 Å². The molecule has 2 aromatic rings. The summed E-state index contributed by atoms with van der Waals surface area (Å²) in [6, 6.07) is 0.134. The van der Waals surface area contributed by atoms with Crippen LogP contribution in [0.3, 0.4) is 0 Å². The van der Waals surface area contributed by atoms with E-state index in [0.717, 1.165) is 25.3 Å². The molecule has 92 valence electrons. The fourth-order valence-corrected chi connectivity index (χ4v) is 1.82. The molecule has 17 heavy (non-hydrogen) atoms. The van der Waals surface area contributed by atoms with Crippen molar-refractivity contribution in [2.75, 3.05) is 0 Å². The Hall–Kier alpha value is -1.62. The molecule has 0 bridgehead atoms. The van der Waals surface area contributed by atoms with Crippen molar-refractivity contribution >= 4 is 0 Å². The predicted octanol–water partition coefficient (Wildman–Crippen LogP) is 1.04. The van der Waals surface area contributed by atoms with Gasteiger partial charge in [-0.25, -0.2) is 4.98 Å². The monoisotopic (exact) mass is 233 g/mol. The molecule has 0 radical (unpaired) electrons. The maximum Gasteiger partial charge on any atom is 0.110 e. The van der Waals surface area contributed by atoms with Crippen LogP contribution in [0.1, 0.15) is 25.2 Å². The Bertz CT molecular complexity index is 469. The van der Waals surface area contributed by atoms with E-state index in [1.165, 1.54) is 5.56 Å². The summed E-state index contributed by atoms with van der Waals surface area (Å²) in [7, 11) is 0. The molecule has 0 amide bonds. The zero-order valence-electron chi connectivity index (χ0n) is 10.4. The lowest BCUT2D eigenvalue weighted by Crippen LogP contribution is -2.20. The predicted molar refractivity (Wildman–Crippen MR) is 66.6 cm³/mol. The first kappa shape index (κ1) is 11.9. The first-order chi connectivity index (χ1) is 8.19. The molecule has 0 aliphatic rings. The molecule has 5 nitrogen and oxygen atoms in total. The van der Waals surface area contributed by atoms with Gasteiger partial charge in [0.15, 0.2) is 0 Å². The summed E-state index contributed by atoms with van der Waals surface area (Å²) in [5.41, 5.74) is 6.99. The van der Waals surface area contributed by atoms with Crippen LogP contribution in [0.5, 0.6) is 0 Å². The molecule has 1 atom stereocenters. The van der Waals surface area contributed by atoms with Crippen LogP contribution in [0.4, 0.5) is 0 Å². The zero-order valence-corrected chi connectivity index (χ0v) is 10.4. The first-order valence-corrected chi connectivity index (χ1v) is 5.96. The molecule has 2 heterocycles. The molecule has 2 N–H and O–H groups in total. The summed E-state index contributed by atoms with van der Waals surface area (Å²) in [5.74, 6) is 1.03. The number of imidazole rings is 1. The summed E-state index contributed by atoms with van der Waals surface area (Å²) in [4.78, 5) is 4.34. The molecule has 0 saturated carbocycles. The Morgan fingerprint density at radius 2 is 2.29 bits per heavy atom. The van der Waals surface area contributed by atoms with Gasteiger partial charge in [0.05, 0.1) is 12.7 Å². The van der Waals surface area contributed by atoms with Gasteiger partial charge in [-0.3, -0.25) is 4.68 Å². The molecular weight excluding hydrogens is 214 g/mol. The summed E-state index contributed by atoms with van der Waals surface area (Å²) < 4.78 is 4.05. The zero-order chi connectivity index (χ0) is 12.3. The number of hydrogen-bond acceptors (Lipinski definition) is 3. The summed E-state index contributed by atoms with van der Waals surface area (Å²) in [6.45, 7) is 5.78. The van der Waals surface area contributed by atoms with Gasteiger partial charge >= 0.3 is 0 Å². The lowest BCUT2D eigenvalue weighted by Gasteiger charge is -2.08. The van der Waals surface area contributed by atoms with E-state index in [9.17, 15) is 0 Å². The topological polar surface area (TPSA) is 61.7 Å². The largest absolute Gasteiger partial charge is 0.330 e. The van der Waals surface area contributed by atoms with Crippen LogP contribution in [0.2, 0.25) is 0 Å². The van der Waals surface area contributed by atoms with E-state index in [-0.39, 0.29) is 6.04 Å². The maximum atomic E-state index is 5.80. The first-order valence-electron chi connectivity index (χ1n) is 5.96. The van der Waals surface area contributed by atoms with Gasteiger partial charge in [0, 0.05) is 43.2 Å². The second kappa shape index (κ2) is 5.14. The quantitative estimate of drug-likeness (QED) is 0.839. The number of nitrogens with zero attached hydrogens (tertiary/aromatic N) is 4. The fraction of sp³-hybridized carbons (Fsp3) is 0.500.